The summed E-state index contributed by atoms with van der Waals surface area (Å²) in [6.45, 7) is 4.41. The van der Waals surface area contributed by atoms with Crippen LogP contribution >= 0.6 is 27.3 Å². The summed E-state index contributed by atoms with van der Waals surface area (Å²) < 4.78 is 7.10. The van der Waals surface area contributed by atoms with Crippen molar-refractivity contribution in [3.63, 3.8) is 0 Å². The lowest BCUT2D eigenvalue weighted by Gasteiger charge is -2.37. The summed E-state index contributed by atoms with van der Waals surface area (Å²) in [7, 11) is 3.77. The molecule has 4 rings (SSSR count). The molecule has 0 radical (unpaired) electrons. The summed E-state index contributed by atoms with van der Waals surface area (Å²) in [6, 6.07) is 3.91. The number of aromatic nitrogens is 1. The lowest BCUT2D eigenvalue weighted by molar-refractivity contribution is -0.139. The maximum absolute atomic E-state index is 13.2. The van der Waals surface area contributed by atoms with Gasteiger partial charge in [-0.25, -0.2) is 4.98 Å². The number of likely N-dealkylation sites (N-methyl/N-ethyl adjacent to an activating group) is 1. The van der Waals surface area contributed by atoms with Crippen LogP contribution in [0.5, 0.6) is 5.75 Å². The standard InChI is InChI=1S/C25H34BrN5O3S/c1-29(2)15-21(32)24-23(20(26)16-35-24)34-19-6-11-31(12-7-19)25(33)18-4-9-30(10-5-18)14-17-3-8-28-22(27)13-17/h3,8,13,16,18-19H,4-7,9-12,14-15H2,1-2H3,(H2,27,28). The van der Waals surface area contributed by atoms with Gasteiger partial charge < -0.3 is 20.3 Å². The van der Waals surface area contributed by atoms with Crippen LogP contribution < -0.4 is 10.5 Å². The van der Waals surface area contributed by atoms with Crippen LogP contribution in [0.15, 0.2) is 28.2 Å². The van der Waals surface area contributed by atoms with E-state index in [0.29, 0.717) is 36.1 Å². The Hall–Kier alpha value is -2.01. The first-order valence-corrected chi connectivity index (χ1v) is 13.8. The van der Waals surface area contributed by atoms with Gasteiger partial charge in [-0.15, -0.1) is 11.3 Å². The molecule has 8 nitrogen and oxygen atoms in total. The molecule has 35 heavy (non-hydrogen) atoms. The molecular weight excluding hydrogens is 530 g/mol. The van der Waals surface area contributed by atoms with Crippen molar-refractivity contribution in [2.24, 2.45) is 5.92 Å². The van der Waals surface area contributed by atoms with Gasteiger partial charge in [0, 0.05) is 50.0 Å². The van der Waals surface area contributed by atoms with E-state index in [-0.39, 0.29) is 23.7 Å². The number of nitrogen functional groups attached to an aromatic ring is 1. The van der Waals surface area contributed by atoms with Crippen LogP contribution in [0.3, 0.4) is 0 Å². The number of piperidine rings is 2. The van der Waals surface area contributed by atoms with Gasteiger partial charge in [-0.2, -0.15) is 0 Å². The summed E-state index contributed by atoms with van der Waals surface area (Å²) in [6.07, 6.45) is 5.07. The van der Waals surface area contributed by atoms with E-state index >= 15 is 0 Å². The van der Waals surface area contributed by atoms with Crippen molar-refractivity contribution in [3.8, 4) is 5.75 Å². The van der Waals surface area contributed by atoms with Gasteiger partial charge in [0.25, 0.3) is 0 Å². The number of ketones is 1. The molecule has 4 heterocycles. The van der Waals surface area contributed by atoms with Gasteiger partial charge in [-0.3, -0.25) is 14.5 Å². The van der Waals surface area contributed by atoms with Gasteiger partial charge in [0.1, 0.15) is 16.8 Å². The van der Waals surface area contributed by atoms with Crippen molar-refractivity contribution in [3.05, 3.63) is 38.6 Å². The lowest BCUT2D eigenvalue weighted by atomic mass is 9.94. The number of likely N-dealkylation sites (tertiary alicyclic amines) is 2. The molecule has 190 valence electrons. The van der Waals surface area contributed by atoms with Crippen LogP contribution in [0.1, 0.15) is 40.9 Å². The lowest BCUT2D eigenvalue weighted by Crippen LogP contribution is -2.47. The highest BCUT2D eigenvalue weighted by molar-refractivity contribution is 9.10. The van der Waals surface area contributed by atoms with Crippen LogP contribution in [0, 0.1) is 5.92 Å². The molecule has 2 N–H and O–H groups in total. The number of rotatable bonds is 8. The second-order valence-electron chi connectivity index (χ2n) is 9.68. The fourth-order valence-electron chi connectivity index (χ4n) is 4.80. The molecular formula is C25H34BrN5O3S. The normalized spacial score (nSPS) is 18.2. The molecule has 0 unspecified atom stereocenters. The topological polar surface area (TPSA) is 92.0 Å². The molecule has 2 fully saturated rings. The third kappa shape index (κ3) is 6.81. The predicted octanol–water partition coefficient (Wildman–Crippen LogP) is 3.51. The van der Waals surface area contributed by atoms with Crippen LogP contribution in [-0.2, 0) is 11.3 Å². The first kappa shape index (κ1) is 26.1. The summed E-state index contributed by atoms with van der Waals surface area (Å²) >= 11 is 4.95. The maximum Gasteiger partial charge on any atom is 0.225 e. The molecule has 1 amide bonds. The zero-order valence-electron chi connectivity index (χ0n) is 20.4. The van der Waals surface area contributed by atoms with Crippen LogP contribution in [0.25, 0.3) is 0 Å². The van der Waals surface area contributed by atoms with Crippen LogP contribution in [0.4, 0.5) is 5.82 Å². The molecule has 2 aliphatic heterocycles. The number of nitrogens with two attached hydrogens (primary N) is 1. The van der Waals surface area contributed by atoms with Gasteiger partial charge in [-0.05, 0) is 73.7 Å². The number of nitrogens with zero attached hydrogens (tertiary/aromatic N) is 4. The van der Waals surface area contributed by atoms with Crippen molar-refractivity contribution in [1.82, 2.24) is 19.7 Å². The first-order valence-electron chi connectivity index (χ1n) is 12.1. The van der Waals surface area contributed by atoms with Crippen molar-refractivity contribution >= 4 is 44.8 Å². The summed E-state index contributed by atoms with van der Waals surface area (Å²) in [4.78, 5) is 36.7. The Morgan fingerprint density at radius 2 is 1.91 bits per heavy atom. The van der Waals surface area contributed by atoms with Crippen LogP contribution in [-0.4, -0.2) is 84.3 Å². The van der Waals surface area contributed by atoms with Gasteiger partial charge in [0.15, 0.2) is 11.5 Å². The molecule has 2 saturated heterocycles. The smallest absolute Gasteiger partial charge is 0.225 e. The number of hydrogen-bond donors (Lipinski definition) is 1. The number of pyridine rings is 1. The number of carbonyl (C=O) groups is 2. The van der Waals surface area contributed by atoms with Gasteiger partial charge in [0.2, 0.25) is 5.91 Å². The minimum absolute atomic E-state index is 0.00509. The molecule has 2 aliphatic rings. The second-order valence-corrected chi connectivity index (χ2v) is 11.4. The van der Waals surface area contributed by atoms with Crippen molar-refractivity contribution in [2.75, 3.05) is 52.6 Å². The highest BCUT2D eigenvalue weighted by Crippen LogP contribution is 2.37. The SMILES string of the molecule is CN(C)CC(=O)c1scc(Br)c1OC1CCN(C(=O)C2CCN(Cc3ccnc(N)c3)CC2)CC1. The highest BCUT2D eigenvalue weighted by Gasteiger charge is 2.32. The minimum atomic E-state index is 0.00509. The molecule has 0 saturated carbocycles. The van der Waals surface area contributed by atoms with E-state index in [0.717, 1.165) is 55.4 Å². The predicted molar refractivity (Wildman–Crippen MR) is 142 cm³/mol. The average Bonchev–Trinajstić information content (AvgIpc) is 3.19. The average molecular weight is 565 g/mol. The molecule has 0 spiro atoms. The Kier molecular flexibility index (Phi) is 8.80. The number of halogens is 1. The molecule has 0 aromatic carbocycles. The molecule has 2 aromatic heterocycles. The molecule has 10 heteroatoms. The zero-order valence-corrected chi connectivity index (χ0v) is 22.8. The summed E-state index contributed by atoms with van der Waals surface area (Å²) in [5, 5.41) is 1.91. The number of ether oxygens (including phenoxy) is 1. The Morgan fingerprint density at radius 1 is 1.20 bits per heavy atom. The molecule has 2 aromatic rings. The van der Waals surface area contributed by atoms with Gasteiger partial charge in [-0.1, -0.05) is 0 Å². The summed E-state index contributed by atoms with van der Waals surface area (Å²) in [5.41, 5.74) is 6.95. The largest absolute Gasteiger partial charge is 0.487 e. The van der Waals surface area contributed by atoms with E-state index in [2.05, 4.69) is 25.8 Å². The number of anilines is 1. The minimum Gasteiger partial charge on any atom is -0.487 e. The zero-order chi connectivity index (χ0) is 24.9. The molecule has 0 bridgehead atoms. The Balaban J connectivity index is 1.24. The van der Waals surface area contributed by atoms with E-state index in [1.807, 2.05) is 41.4 Å². The van der Waals surface area contributed by atoms with Gasteiger partial charge in [0.05, 0.1) is 11.0 Å². The number of Topliss-reactive ketones (excluding diaryl/α,β-unsaturated/α-hetero) is 1. The fraction of sp³-hybridized carbons (Fsp3) is 0.560. The third-order valence-electron chi connectivity index (χ3n) is 6.64. The molecule has 0 atom stereocenters. The monoisotopic (exact) mass is 563 g/mol. The third-order valence-corrected chi connectivity index (χ3v) is 8.54. The summed E-state index contributed by atoms with van der Waals surface area (Å²) in [5.74, 6) is 1.62. The number of carbonyl (C=O) groups excluding carboxylic acids is 2. The quantitative estimate of drug-likeness (QED) is 0.491. The van der Waals surface area contributed by atoms with Gasteiger partial charge >= 0.3 is 0 Å². The van der Waals surface area contributed by atoms with E-state index < -0.39 is 0 Å². The fourth-order valence-corrected chi connectivity index (χ4v) is 6.29. The first-order chi connectivity index (χ1) is 16.8. The van der Waals surface area contributed by atoms with E-state index in [9.17, 15) is 9.59 Å². The maximum atomic E-state index is 13.2. The Bertz CT molecular complexity index is 1030. The number of amides is 1. The van der Waals surface area contributed by atoms with Crippen molar-refractivity contribution in [2.45, 2.75) is 38.3 Å². The van der Waals surface area contributed by atoms with Crippen LogP contribution in [0.2, 0.25) is 0 Å². The van der Waals surface area contributed by atoms with Crippen molar-refractivity contribution in [1.29, 1.82) is 0 Å². The van der Waals surface area contributed by atoms with Crippen molar-refractivity contribution < 1.29 is 14.3 Å². The van der Waals surface area contributed by atoms with E-state index in [4.69, 9.17) is 10.5 Å². The highest BCUT2D eigenvalue weighted by atomic mass is 79.9. The van der Waals surface area contributed by atoms with E-state index in [1.54, 1.807) is 6.20 Å². The van der Waals surface area contributed by atoms with E-state index in [1.165, 1.54) is 11.3 Å². The molecule has 0 aliphatic carbocycles. The second kappa shape index (κ2) is 11.8. The number of thiophene rings is 1. The Labute approximate surface area is 219 Å². The number of hydrogen-bond acceptors (Lipinski definition) is 8. The Morgan fingerprint density at radius 3 is 2.57 bits per heavy atom.